The predicted molar refractivity (Wildman–Crippen MR) is 167 cm³/mol. The molecule has 0 saturated carbocycles. The molecule has 12 nitrogen and oxygen atoms in total. The number of carbonyl (C=O) groups excluding carboxylic acids is 4. The Kier molecular flexibility index (Phi) is 13.8. The minimum atomic E-state index is -0.395. The van der Waals surface area contributed by atoms with Crippen molar-refractivity contribution in [3.63, 3.8) is 0 Å². The first-order valence-corrected chi connectivity index (χ1v) is 14.1. The zero-order valence-electron chi connectivity index (χ0n) is 26.4. The van der Waals surface area contributed by atoms with Gasteiger partial charge >= 0.3 is 0 Å². The number of nitrogens with zero attached hydrogens (tertiary/aromatic N) is 4. The van der Waals surface area contributed by atoms with E-state index in [1.807, 2.05) is 76.0 Å². The Morgan fingerprint density at radius 1 is 0.429 bits per heavy atom. The summed E-state index contributed by atoms with van der Waals surface area (Å²) in [6.07, 6.45) is 0. The molecule has 0 saturated heterocycles. The Bertz CT molecular complexity index is 1060. The smallest absolute Gasteiger partial charge is 0.251 e. The third kappa shape index (κ3) is 10.4. The summed E-state index contributed by atoms with van der Waals surface area (Å²) in [5, 5.41) is 12.2. The summed E-state index contributed by atoms with van der Waals surface area (Å²) < 4.78 is 0. The van der Waals surface area contributed by atoms with Gasteiger partial charge in [-0.2, -0.15) is 0 Å². The zero-order valence-corrected chi connectivity index (χ0v) is 26.4. The molecular weight excluding hydrogens is 536 g/mol. The van der Waals surface area contributed by atoms with Crippen molar-refractivity contribution in [3.8, 4) is 0 Å². The second-order valence-electron chi connectivity index (χ2n) is 11.3. The highest BCUT2D eigenvalue weighted by Crippen LogP contribution is 2.30. The van der Waals surface area contributed by atoms with Gasteiger partial charge in [0.25, 0.3) is 23.6 Å². The van der Waals surface area contributed by atoms with E-state index in [-0.39, 0.29) is 33.0 Å². The van der Waals surface area contributed by atoms with E-state index in [1.54, 1.807) is 24.3 Å². The predicted octanol–water partition coefficient (Wildman–Crippen LogP) is 0.00540. The van der Waals surface area contributed by atoms with Crippen molar-refractivity contribution >= 4 is 34.4 Å². The van der Waals surface area contributed by atoms with Crippen LogP contribution in [0.5, 0.6) is 0 Å². The van der Waals surface area contributed by atoms with Crippen LogP contribution in [0, 0.1) is 0 Å². The number of hydrogen-bond acceptors (Lipinski definition) is 8. The summed E-state index contributed by atoms with van der Waals surface area (Å²) in [6, 6.07) is 6.22. The lowest BCUT2D eigenvalue weighted by atomic mass is 9.90. The van der Waals surface area contributed by atoms with E-state index >= 15 is 0 Å². The maximum absolute atomic E-state index is 13.5. The lowest BCUT2D eigenvalue weighted by Crippen LogP contribution is -2.35. The molecule has 0 aliphatic heterocycles. The molecule has 232 valence electrons. The number of carbonyl (C=O) groups is 4. The van der Waals surface area contributed by atoms with Gasteiger partial charge in [0.05, 0.1) is 0 Å². The molecule has 2 aromatic rings. The summed E-state index contributed by atoms with van der Waals surface area (Å²) in [4.78, 5) is 61.8. The molecule has 42 heavy (non-hydrogen) atoms. The Morgan fingerprint density at radius 2 is 0.619 bits per heavy atom. The summed E-state index contributed by atoms with van der Waals surface area (Å²) in [7, 11) is 15.2. The first-order valence-electron chi connectivity index (χ1n) is 14.1. The minimum absolute atomic E-state index is 0.217. The standard InChI is InChI=1S/C30H48N8O4/c1-35(2)17-13-31-27(39)21-9-10-23(29(41)33-15-19-37(5)6)26-24(30(42)34-16-20-38(7)8)12-11-22(25(21)26)28(40)32-14-18-36(3)4/h9-12H,13-20H2,1-8H3,(H,31,39)(H,32,40)(H,33,41)(H,34,42). The van der Waals surface area contributed by atoms with Gasteiger partial charge in [-0.15, -0.1) is 0 Å². The first kappa shape index (κ1) is 34.6. The third-order valence-corrected chi connectivity index (χ3v) is 6.52. The molecular formula is C30H48N8O4. The average molecular weight is 585 g/mol. The van der Waals surface area contributed by atoms with Crippen LogP contribution in [0.3, 0.4) is 0 Å². The highest BCUT2D eigenvalue weighted by Gasteiger charge is 2.26. The summed E-state index contributed by atoms with van der Waals surface area (Å²) in [6.45, 7) is 4.01. The van der Waals surface area contributed by atoms with E-state index in [0.717, 1.165) is 0 Å². The summed E-state index contributed by atoms with van der Waals surface area (Å²) >= 11 is 0. The number of nitrogens with one attached hydrogen (secondary N) is 4. The second kappa shape index (κ2) is 16.8. The van der Waals surface area contributed by atoms with Crippen molar-refractivity contribution in [1.29, 1.82) is 0 Å². The van der Waals surface area contributed by atoms with Gasteiger partial charge in [-0.1, -0.05) is 0 Å². The molecule has 0 spiro atoms. The van der Waals surface area contributed by atoms with Gasteiger partial charge in [0.2, 0.25) is 0 Å². The van der Waals surface area contributed by atoms with E-state index < -0.39 is 23.6 Å². The van der Waals surface area contributed by atoms with Crippen LogP contribution >= 0.6 is 0 Å². The Balaban J connectivity index is 2.74. The lowest BCUT2D eigenvalue weighted by molar-refractivity contribution is 0.0934. The molecule has 0 heterocycles. The minimum Gasteiger partial charge on any atom is -0.351 e. The maximum Gasteiger partial charge on any atom is 0.251 e. The molecule has 0 radical (unpaired) electrons. The topological polar surface area (TPSA) is 129 Å². The van der Waals surface area contributed by atoms with Crippen molar-refractivity contribution in [2.75, 3.05) is 109 Å². The maximum atomic E-state index is 13.5. The molecule has 4 amide bonds. The van der Waals surface area contributed by atoms with E-state index in [0.29, 0.717) is 52.4 Å². The molecule has 0 unspecified atom stereocenters. The monoisotopic (exact) mass is 584 g/mol. The molecule has 0 atom stereocenters. The molecule has 0 aromatic heterocycles. The first-order chi connectivity index (χ1) is 19.8. The number of fused-ring (bicyclic) bond motifs is 1. The normalized spacial score (nSPS) is 11.4. The van der Waals surface area contributed by atoms with Crippen LogP contribution in [0.2, 0.25) is 0 Å². The van der Waals surface area contributed by atoms with Crippen molar-refractivity contribution in [1.82, 2.24) is 40.9 Å². The van der Waals surface area contributed by atoms with Gasteiger partial charge in [-0.25, -0.2) is 0 Å². The van der Waals surface area contributed by atoms with Crippen LogP contribution in [0.4, 0.5) is 0 Å². The largest absolute Gasteiger partial charge is 0.351 e. The van der Waals surface area contributed by atoms with Crippen LogP contribution in [-0.4, -0.2) is 152 Å². The molecule has 2 rings (SSSR count). The van der Waals surface area contributed by atoms with E-state index in [9.17, 15) is 19.2 Å². The van der Waals surface area contributed by atoms with Gasteiger partial charge in [0.1, 0.15) is 0 Å². The highest BCUT2D eigenvalue weighted by atomic mass is 16.2. The Labute approximate surface area is 249 Å². The van der Waals surface area contributed by atoms with E-state index in [4.69, 9.17) is 0 Å². The molecule has 12 heteroatoms. The quantitative estimate of drug-likeness (QED) is 0.217. The fraction of sp³-hybridized carbons (Fsp3) is 0.533. The fourth-order valence-corrected chi connectivity index (χ4v) is 4.21. The number of amides is 4. The Hall–Kier alpha value is -3.58. The van der Waals surface area contributed by atoms with Crippen molar-refractivity contribution in [2.24, 2.45) is 0 Å². The Morgan fingerprint density at radius 3 is 0.786 bits per heavy atom. The third-order valence-electron chi connectivity index (χ3n) is 6.52. The van der Waals surface area contributed by atoms with Crippen LogP contribution in [0.1, 0.15) is 41.4 Å². The van der Waals surface area contributed by atoms with Crippen molar-refractivity contribution in [3.05, 3.63) is 46.5 Å². The van der Waals surface area contributed by atoms with Gasteiger partial charge in [-0.05, 0) is 80.6 Å². The molecule has 2 aromatic carbocycles. The van der Waals surface area contributed by atoms with Gasteiger partial charge < -0.3 is 40.9 Å². The highest BCUT2D eigenvalue weighted by molar-refractivity contribution is 6.24. The number of benzene rings is 2. The van der Waals surface area contributed by atoms with Crippen LogP contribution in [-0.2, 0) is 0 Å². The number of likely N-dealkylation sites (N-methyl/N-ethyl adjacent to an activating group) is 4. The molecule has 4 N–H and O–H groups in total. The second-order valence-corrected chi connectivity index (χ2v) is 11.3. The number of rotatable bonds is 16. The van der Waals surface area contributed by atoms with E-state index in [2.05, 4.69) is 21.3 Å². The van der Waals surface area contributed by atoms with Crippen LogP contribution < -0.4 is 21.3 Å². The molecule has 0 aliphatic carbocycles. The molecule has 0 fully saturated rings. The fourth-order valence-electron chi connectivity index (χ4n) is 4.21. The number of hydrogen-bond donors (Lipinski definition) is 4. The summed E-state index contributed by atoms with van der Waals surface area (Å²) in [5.41, 5.74) is 0.868. The van der Waals surface area contributed by atoms with Crippen molar-refractivity contribution in [2.45, 2.75) is 0 Å². The van der Waals surface area contributed by atoms with Crippen LogP contribution in [0.15, 0.2) is 24.3 Å². The molecule has 0 aliphatic rings. The van der Waals surface area contributed by atoms with Gasteiger partial charge in [0.15, 0.2) is 0 Å². The van der Waals surface area contributed by atoms with Gasteiger partial charge in [-0.3, -0.25) is 19.2 Å². The van der Waals surface area contributed by atoms with Gasteiger partial charge in [0, 0.05) is 85.4 Å². The van der Waals surface area contributed by atoms with E-state index in [1.165, 1.54) is 0 Å². The van der Waals surface area contributed by atoms with Crippen LogP contribution in [0.25, 0.3) is 10.8 Å². The zero-order chi connectivity index (χ0) is 31.4. The van der Waals surface area contributed by atoms with Crippen molar-refractivity contribution < 1.29 is 19.2 Å². The molecule has 0 bridgehead atoms. The summed E-state index contributed by atoms with van der Waals surface area (Å²) in [5.74, 6) is -1.58. The SMILES string of the molecule is CN(C)CCNC(=O)c1ccc(C(=O)NCCN(C)C)c2c(C(=O)NCCN(C)C)ccc(C(=O)NCCN(C)C)c12. The average Bonchev–Trinajstić information content (AvgIpc) is 2.90. The lowest BCUT2D eigenvalue weighted by Gasteiger charge is -2.19.